The average molecular weight is 292 g/mol. The second-order valence-electron chi connectivity index (χ2n) is 4.14. The Hall–Kier alpha value is -2.02. The monoisotopic (exact) mass is 291 g/mol. The first-order valence-corrected chi connectivity index (χ1v) is 5.91. The summed E-state index contributed by atoms with van der Waals surface area (Å²) in [5, 5.41) is 14.6. The molecular weight excluding hydrogens is 278 g/mol. The molecule has 0 fully saturated rings. The van der Waals surface area contributed by atoms with Crippen LogP contribution >= 0.6 is 12.4 Å². The van der Waals surface area contributed by atoms with E-state index in [1.807, 2.05) is 18.2 Å². The van der Waals surface area contributed by atoms with Crippen LogP contribution < -0.4 is 5.73 Å². The molecule has 0 aliphatic carbocycles. The zero-order valence-electron chi connectivity index (χ0n) is 10.6. The summed E-state index contributed by atoms with van der Waals surface area (Å²) < 4.78 is 1.72. The number of aliphatic hydroxyl groups excluding tert-OH is 1. The number of nitrogens with two attached hydrogens (primary N) is 1. The highest BCUT2D eigenvalue weighted by atomic mass is 35.5. The molecule has 2 heterocycles. The van der Waals surface area contributed by atoms with E-state index < -0.39 is 0 Å². The molecule has 20 heavy (non-hydrogen) atoms. The van der Waals surface area contributed by atoms with Gasteiger partial charge in [0.15, 0.2) is 5.82 Å². The normalized spacial score (nSPS) is 10.5. The molecule has 0 bridgehead atoms. The third kappa shape index (κ3) is 2.36. The lowest BCUT2D eigenvalue weighted by molar-refractivity contribution is 0.283. The molecule has 7 heteroatoms. The van der Waals surface area contributed by atoms with E-state index in [-0.39, 0.29) is 19.0 Å². The second-order valence-corrected chi connectivity index (χ2v) is 4.14. The Balaban J connectivity index is 0.00000147. The van der Waals surface area contributed by atoms with Crippen molar-refractivity contribution in [1.29, 1.82) is 0 Å². The summed E-state index contributed by atoms with van der Waals surface area (Å²) in [6, 6.07) is 7.50. The third-order valence-electron chi connectivity index (χ3n) is 3.01. The third-order valence-corrected chi connectivity index (χ3v) is 3.01. The van der Waals surface area contributed by atoms with Crippen LogP contribution in [0.2, 0.25) is 0 Å². The Bertz CT molecular complexity index is 728. The van der Waals surface area contributed by atoms with Crippen LogP contribution in [0.4, 0.5) is 0 Å². The van der Waals surface area contributed by atoms with E-state index in [9.17, 15) is 5.11 Å². The summed E-state index contributed by atoms with van der Waals surface area (Å²) in [7, 11) is 0. The molecule has 0 aliphatic rings. The van der Waals surface area contributed by atoms with Crippen LogP contribution in [-0.4, -0.2) is 24.9 Å². The summed E-state index contributed by atoms with van der Waals surface area (Å²) in [5.74, 6) is 0.667. The van der Waals surface area contributed by atoms with E-state index >= 15 is 0 Å². The van der Waals surface area contributed by atoms with E-state index in [1.165, 1.54) is 6.33 Å². The number of rotatable bonds is 3. The Morgan fingerprint density at radius 1 is 1.25 bits per heavy atom. The minimum Gasteiger partial charge on any atom is -0.392 e. The number of benzene rings is 1. The van der Waals surface area contributed by atoms with Crippen LogP contribution in [-0.2, 0) is 13.2 Å². The topological polar surface area (TPSA) is 89.9 Å². The Kier molecular flexibility index (Phi) is 4.29. The van der Waals surface area contributed by atoms with Crippen molar-refractivity contribution in [3.05, 3.63) is 48.0 Å². The van der Waals surface area contributed by atoms with Crippen molar-refractivity contribution in [3.8, 4) is 5.82 Å². The molecule has 2 aromatic heterocycles. The molecule has 3 aromatic rings. The van der Waals surface area contributed by atoms with E-state index in [0.29, 0.717) is 12.4 Å². The van der Waals surface area contributed by atoms with Crippen molar-refractivity contribution in [2.75, 3.05) is 0 Å². The molecule has 6 nitrogen and oxygen atoms in total. The van der Waals surface area contributed by atoms with Gasteiger partial charge in [-0.2, -0.15) is 5.10 Å². The highest BCUT2D eigenvalue weighted by Crippen LogP contribution is 2.20. The first kappa shape index (κ1) is 14.4. The van der Waals surface area contributed by atoms with Gasteiger partial charge in [0.2, 0.25) is 0 Å². The Morgan fingerprint density at radius 2 is 2.10 bits per heavy atom. The number of fused-ring (bicyclic) bond motifs is 1. The van der Waals surface area contributed by atoms with Gasteiger partial charge in [-0.05, 0) is 11.6 Å². The molecule has 0 saturated heterocycles. The maximum Gasteiger partial charge on any atom is 0.157 e. The number of aromatic nitrogens is 4. The number of halogens is 1. The smallest absolute Gasteiger partial charge is 0.157 e. The number of hydrogen-bond acceptors (Lipinski definition) is 5. The molecule has 1 aromatic carbocycles. The van der Waals surface area contributed by atoms with Crippen molar-refractivity contribution in [3.63, 3.8) is 0 Å². The SMILES string of the molecule is Cl.NCc1cc(-n2ncc3c(CO)cccc32)ncn1. The van der Waals surface area contributed by atoms with Gasteiger partial charge in [0.05, 0.1) is 24.0 Å². The lowest BCUT2D eigenvalue weighted by Crippen LogP contribution is -2.05. The van der Waals surface area contributed by atoms with E-state index in [0.717, 1.165) is 22.2 Å². The maximum absolute atomic E-state index is 9.32. The van der Waals surface area contributed by atoms with Gasteiger partial charge < -0.3 is 10.8 Å². The van der Waals surface area contributed by atoms with Crippen LogP contribution in [0.3, 0.4) is 0 Å². The van der Waals surface area contributed by atoms with Crippen LogP contribution in [0.1, 0.15) is 11.3 Å². The van der Waals surface area contributed by atoms with Gasteiger partial charge >= 0.3 is 0 Å². The van der Waals surface area contributed by atoms with Crippen LogP contribution in [0.25, 0.3) is 16.7 Å². The Morgan fingerprint density at radius 3 is 2.85 bits per heavy atom. The van der Waals surface area contributed by atoms with E-state index in [4.69, 9.17) is 5.73 Å². The minimum absolute atomic E-state index is 0. The van der Waals surface area contributed by atoms with Crippen molar-refractivity contribution in [2.45, 2.75) is 13.2 Å². The van der Waals surface area contributed by atoms with E-state index in [2.05, 4.69) is 15.1 Å². The molecular formula is C13H14ClN5O. The highest BCUT2D eigenvalue weighted by molar-refractivity contribution is 5.85. The lowest BCUT2D eigenvalue weighted by Gasteiger charge is -2.04. The number of nitrogens with zero attached hydrogens (tertiary/aromatic N) is 4. The first-order valence-electron chi connectivity index (χ1n) is 5.91. The zero-order chi connectivity index (χ0) is 13.2. The maximum atomic E-state index is 9.32. The van der Waals surface area contributed by atoms with Crippen LogP contribution in [0.5, 0.6) is 0 Å². The fraction of sp³-hybridized carbons (Fsp3) is 0.154. The van der Waals surface area contributed by atoms with E-state index in [1.54, 1.807) is 16.9 Å². The Labute approximate surface area is 121 Å². The fourth-order valence-corrected chi connectivity index (χ4v) is 2.04. The lowest BCUT2D eigenvalue weighted by atomic mass is 10.1. The predicted molar refractivity (Wildman–Crippen MR) is 77.7 cm³/mol. The molecule has 3 rings (SSSR count). The van der Waals surface area contributed by atoms with Crippen molar-refractivity contribution in [1.82, 2.24) is 19.7 Å². The molecule has 0 amide bonds. The predicted octanol–water partition coefficient (Wildman–Crippen LogP) is 1.19. The van der Waals surface area contributed by atoms with Gasteiger partial charge in [0.1, 0.15) is 6.33 Å². The van der Waals surface area contributed by atoms with Gasteiger partial charge in [-0.1, -0.05) is 12.1 Å². The summed E-state index contributed by atoms with van der Waals surface area (Å²) in [6.07, 6.45) is 3.20. The molecule has 0 radical (unpaired) electrons. The second kappa shape index (κ2) is 5.96. The molecule has 0 unspecified atom stereocenters. The number of hydrogen-bond donors (Lipinski definition) is 2. The largest absolute Gasteiger partial charge is 0.392 e. The standard InChI is InChI=1S/C13H13N5O.ClH/c14-5-10-4-13(16-8-15-10)18-12-3-1-2-9(7-19)11(12)6-17-18;/h1-4,6,8,19H,5,7,14H2;1H. The fourth-order valence-electron chi connectivity index (χ4n) is 2.04. The average Bonchev–Trinajstić information content (AvgIpc) is 2.91. The summed E-state index contributed by atoms with van der Waals surface area (Å²) in [6.45, 7) is 0.345. The molecule has 0 atom stereocenters. The van der Waals surface area contributed by atoms with Gasteiger partial charge in [-0.15, -0.1) is 12.4 Å². The first-order chi connectivity index (χ1) is 9.33. The van der Waals surface area contributed by atoms with Gasteiger partial charge in [-0.25, -0.2) is 14.6 Å². The van der Waals surface area contributed by atoms with Crippen LogP contribution in [0, 0.1) is 0 Å². The highest BCUT2D eigenvalue weighted by Gasteiger charge is 2.09. The molecule has 0 aliphatic heterocycles. The molecule has 3 N–H and O–H groups in total. The molecule has 0 spiro atoms. The summed E-state index contributed by atoms with van der Waals surface area (Å²) in [4.78, 5) is 8.27. The summed E-state index contributed by atoms with van der Waals surface area (Å²) in [5.41, 5.74) is 8.07. The number of aliphatic hydroxyl groups is 1. The molecule has 0 saturated carbocycles. The van der Waals surface area contributed by atoms with Gasteiger partial charge in [-0.3, -0.25) is 0 Å². The van der Waals surface area contributed by atoms with Crippen molar-refractivity contribution < 1.29 is 5.11 Å². The van der Waals surface area contributed by atoms with Crippen molar-refractivity contribution in [2.24, 2.45) is 5.73 Å². The van der Waals surface area contributed by atoms with Gasteiger partial charge in [0.25, 0.3) is 0 Å². The zero-order valence-corrected chi connectivity index (χ0v) is 11.4. The summed E-state index contributed by atoms with van der Waals surface area (Å²) >= 11 is 0. The van der Waals surface area contributed by atoms with Crippen LogP contribution in [0.15, 0.2) is 36.8 Å². The minimum atomic E-state index is -0.0130. The van der Waals surface area contributed by atoms with Gasteiger partial charge in [0, 0.05) is 18.0 Å². The van der Waals surface area contributed by atoms with Crippen molar-refractivity contribution >= 4 is 23.3 Å². The molecule has 104 valence electrons. The quantitative estimate of drug-likeness (QED) is 0.756.